The first-order valence-electron chi connectivity index (χ1n) is 9.56. The maximum absolute atomic E-state index is 14.3. The lowest BCUT2D eigenvalue weighted by atomic mass is 9.78. The summed E-state index contributed by atoms with van der Waals surface area (Å²) in [5, 5.41) is 0. The fraction of sp³-hybridized carbons (Fsp3) is 0.650. The minimum Gasteiger partial charge on any atom is -0.399 e. The van der Waals surface area contributed by atoms with Gasteiger partial charge >= 0.3 is 7.12 Å². The van der Waals surface area contributed by atoms with Crippen molar-refractivity contribution in [1.29, 1.82) is 0 Å². The van der Waals surface area contributed by atoms with Gasteiger partial charge in [0.25, 0.3) is 0 Å². The molecule has 2 aliphatic rings. The third-order valence-corrected chi connectivity index (χ3v) is 5.68. The quantitative estimate of drug-likeness (QED) is 0.686. The van der Waals surface area contributed by atoms with Gasteiger partial charge in [-0.25, -0.2) is 4.39 Å². The number of benzene rings is 1. The lowest BCUT2D eigenvalue weighted by molar-refractivity contribution is -0.133. The van der Waals surface area contributed by atoms with Crippen molar-refractivity contribution >= 4 is 18.5 Å². The van der Waals surface area contributed by atoms with E-state index < -0.39 is 18.3 Å². The van der Waals surface area contributed by atoms with Gasteiger partial charge in [0.15, 0.2) is 0 Å². The number of nitrogens with zero attached hydrogens (tertiary/aromatic N) is 1. The Hall–Kier alpha value is -1.44. The summed E-state index contributed by atoms with van der Waals surface area (Å²) in [6, 6.07) is 4.77. The third kappa shape index (κ3) is 4.53. The number of halogens is 1. The highest BCUT2D eigenvalue weighted by molar-refractivity contribution is 6.62. The number of rotatable bonds is 7. The number of ether oxygens (including phenoxy) is 1. The van der Waals surface area contributed by atoms with Gasteiger partial charge in [0.05, 0.1) is 17.8 Å². The summed E-state index contributed by atoms with van der Waals surface area (Å²) in [7, 11) is 0.981. The summed E-state index contributed by atoms with van der Waals surface area (Å²) >= 11 is 0. The van der Waals surface area contributed by atoms with Crippen molar-refractivity contribution in [3.63, 3.8) is 0 Å². The van der Waals surface area contributed by atoms with Gasteiger partial charge < -0.3 is 18.9 Å². The van der Waals surface area contributed by atoms with Crippen LogP contribution in [0.3, 0.4) is 0 Å². The molecule has 1 aromatic carbocycles. The second kappa shape index (κ2) is 7.53. The molecule has 1 aromatic rings. The molecule has 0 N–H and O–H groups in total. The minimum absolute atomic E-state index is 0.109. The zero-order valence-electron chi connectivity index (χ0n) is 16.9. The number of hydrogen-bond acceptors (Lipinski definition) is 4. The zero-order chi connectivity index (χ0) is 19.8. The summed E-state index contributed by atoms with van der Waals surface area (Å²) in [4.78, 5) is 14.3. The van der Waals surface area contributed by atoms with Gasteiger partial charge in [-0.3, -0.25) is 4.79 Å². The molecular weight excluding hydrogens is 348 g/mol. The van der Waals surface area contributed by atoms with E-state index in [1.165, 1.54) is 12.1 Å². The molecule has 1 saturated heterocycles. The Morgan fingerprint density at radius 3 is 2.41 bits per heavy atom. The maximum atomic E-state index is 14.3. The first-order chi connectivity index (χ1) is 12.6. The summed E-state index contributed by atoms with van der Waals surface area (Å²) in [6.07, 6.45) is 1.87. The van der Waals surface area contributed by atoms with E-state index in [0.29, 0.717) is 25.2 Å². The Kier molecular flexibility index (Phi) is 5.66. The molecule has 0 radical (unpaired) electrons. The SMILES string of the molecule is COCCN(Cc1cc(F)cc(B2OC(C)(C)C(C)(C)O2)c1)C(=O)C1CC1. The van der Waals surface area contributed by atoms with Crippen LogP contribution in [0.5, 0.6) is 0 Å². The van der Waals surface area contributed by atoms with Crippen LogP contribution in [-0.2, 0) is 25.4 Å². The van der Waals surface area contributed by atoms with E-state index in [1.54, 1.807) is 12.0 Å². The van der Waals surface area contributed by atoms with Crippen LogP contribution in [0.2, 0.25) is 0 Å². The van der Waals surface area contributed by atoms with Crippen LogP contribution in [0.25, 0.3) is 0 Å². The summed E-state index contributed by atoms with van der Waals surface area (Å²) in [6.45, 7) is 9.17. The molecule has 0 aromatic heterocycles. The number of carbonyl (C=O) groups is 1. The minimum atomic E-state index is -0.629. The largest absolute Gasteiger partial charge is 0.494 e. The van der Waals surface area contributed by atoms with Gasteiger partial charge in [-0.05, 0) is 63.7 Å². The van der Waals surface area contributed by atoms with E-state index in [9.17, 15) is 9.18 Å². The standard InChI is InChI=1S/C20H29BFNO4/c1-19(2)20(3,4)27-21(26-19)16-10-14(11-17(22)12-16)13-23(8-9-25-5)18(24)15-6-7-15/h10-12,15H,6-9,13H2,1-5H3. The van der Waals surface area contributed by atoms with E-state index in [1.807, 2.05) is 33.8 Å². The van der Waals surface area contributed by atoms with Crippen molar-refractivity contribution in [2.45, 2.75) is 58.3 Å². The molecule has 0 bridgehead atoms. The molecule has 1 heterocycles. The van der Waals surface area contributed by atoms with Crippen LogP contribution in [0.15, 0.2) is 18.2 Å². The highest BCUT2D eigenvalue weighted by Crippen LogP contribution is 2.36. The third-order valence-electron chi connectivity index (χ3n) is 5.68. The average molecular weight is 377 g/mol. The fourth-order valence-electron chi connectivity index (χ4n) is 3.16. The highest BCUT2D eigenvalue weighted by Gasteiger charge is 2.51. The molecular formula is C20H29BFNO4. The first kappa shape index (κ1) is 20.3. The normalized spacial score (nSPS) is 20.7. The molecule has 3 rings (SSSR count). The van der Waals surface area contributed by atoms with E-state index in [0.717, 1.165) is 18.4 Å². The van der Waals surface area contributed by atoms with Gasteiger partial charge in [0.1, 0.15) is 5.82 Å². The van der Waals surface area contributed by atoms with Gasteiger partial charge in [0.2, 0.25) is 5.91 Å². The summed E-state index contributed by atoms with van der Waals surface area (Å²) < 4.78 is 31.5. The van der Waals surface area contributed by atoms with Crippen LogP contribution in [0.1, 0.15) is 46.1 Å². The predicted octanol–water partition coefficient (Wildman–Crippen LogP) is 2.51. The van der Waals surface area contributed by atoms with Gasteiger partial charge in [-0.2, -0.15) is 0 Å². The smallest absolute Gasteiger partial charge is 0.399 e. The van der Waals surface area contributed by atoms with Gasteiger partial charge in [-0.1, -0.05) is 6.07 Å². The van der Waals surface area contributed by atoms with Crippen molar-refractivity contribution in [1.82, 2.24) is 4.90 Å². The molecule has 7 heteroatoms. The lowest BCUT2D eigenvalue weighted by Gasteiger charge is -2.32. The highest BCUT2D eigenvalue weighted by atomic mass is 19.1. The Morgan fingerprint density at radius 2 is 1.85 bits per heavy atom. The van der Waals surface area contributed by atoms with E-state index >= 15 is 0 Å². The first-order valence-corrected chi connectivity index (χ1v) is 9.56. The van der Waals surface area contributed by atoms with E-state index in [-0.39, 0.29) is 17.6 Å². The van der Waals surface area contributed by atoms with Gasteiger partial charge in [-0.15, -0.1) is 0 Å². The topological polar surface area (TPSA) is 48.0 Å². The van der Waals surface area contributed by atoms with E-state index in [2.05, 4.69) is 0 Å². The Balaban J connectivity index is 1.79. The van der Waals surface area contributed by atoms with Crippen LogP contribution >= 0.6 is 0 Å². The number of hydrogen-bond donors (Lipinski definition) is 0. The molecule has 2 fully saturated rings. The number of carbonyl (C=O) groups excluding carboxylic acids is 1. The van der Waals surface area contributed by atoms with Crippen LogP contribution in [0, 0.1) is 11.7 Å². The van der Waals surface area contributed by atoms with Crippen LogP contribution < -0.4 is 5.46 Å². The van der Waals surface area contributed by atoms with Crippen molar-refractivity contribution in [2.75, 3.05) is 20.3 Å². The zero-order valence-corrected chi connectivity index (χ0v) is 16.9. The van der Waals surface area contributed by atoms with Gasteiger partial charge in [0, 0.05) is 26.1 Å². The number of methoxy groups -OCH3 is 1. The van der Waals surface area contributed by atoms with E-state index in [4.69, 9.17) is 14.0 Å². The Bertz CT molecular complexity index is 689. The predicted molar refractivity (Wildman–Crippen MR) is 102 cm³/mol. The molecule has 1 saturated carbocycles. The second-order valence-corrected chi connectivity index (χ2v) is 8.51. The molecule has 0 spiro atoms. The molecule has 1 aliphatic heterocycles. The second-order valence-electron chi connectivity index (χ2n) is 8.51. The molecule has 1 aliphatic carbocycles. The Labute approximate surface area is 161 Å². The maximum Gasteiger partial charge on any atom is 0.494 e. The van der Waals surface area contributed by atoms with Crippen molar-refractivity contribution in [2.24, 2.45) is 5.92 Å². The van der Waals surface area contributed by atoms with Crippen LogP contribution in [-0.4, -0.2) is 49.4 Å². The molecule has 27 heavy (non-hydrogen) atoms. The lowest BCUT2D eigenvalue weighted by Crippen LogP contribution is -2.41. The molecule has 0 atom stereocenters. The Morgan fingerprint density at radius 1 is 1.22 bits per heavy atom. The monoisotopic (exact) mass is 377 g/mol. The number of amides is 1. The average Bonchev–Trinajstić information content (AvgIpc) is 3.38. The van der Waals surface area contributed by atoms with Crippen LogP contribution in [0.4, 0.5) is 4.39 Å². The summed E-state index contributed by atoms with van der Waals surface area (Å²) in [5.74, 6) is -0.130. The molecule has 1 amide bonds. The van der Waals surface area contributed by atoms with Crippen molar-refractivity contribution in [3.05, 3.63) is 29.6 Å². The molecule has 5 nitrogen and oxygen atoms in total. The summed E-state index contributed by atoms with van der Waals surface area (Å²) in [5.41, 5.74) is 0.381. The molecule has 0 unspecified atom stereocenters. The fourth-order valence-corrected chi connectivity index (χ4v) is 3.16. The molecule has 148 valence electrons. The van der Waals surface area contributed by atoms with Crippen molar-refractivity contribution < 1.29 is 23.2 Å². The van der Waals surface area contributed by atoms with Crippen molar-refractivity contribution in [3.8, 4) is 0 Å².